The van der Waals surface area contributed by atoms with Gasteiger partial charge >= 0.3 is 0 Å². The van der Waals surface area contributed by atoms with Crippen molar-refractivity contribution in [3.63, 3.8) is 0 Å². The second kappa shape index (κ2) is 5.84. The molecule has 3 nitrogen and oxygen atoms in total. The lowest BCUT2D eigenvalue weighted by Crippen LogP contribution is -2.46. The van der Waals surface area contributed by atoms with Gasteiger partial charge in [-0.05, 0) is 36.8 Å². The van der Waals surface area contributed by atoms with Gasteiger partial charge in [-0.3, -0.25) is 4.79 Å². The van der Waals surface area contributed by atoms with Crippen molar-refractivity contribution in [1.29, 1.82) is 0 Å². The molecular formula is C16H16FNO2. The van der Waals surface area contributed by atoms with Crippen LogP contribution in [0.4, 0.5) is 4.39 Å². The summed E-state index contributed by atoms with van der Waals surface area (Å²) in [4.78, 5) is 12.2. The Morgan fingerprint density at radius 1 is 1.15 bits per heavy atom. The molecule has 0 saturated carbocycles. The summed E-state index contributed by atoms with van der Waals surface area (Å²) in [7, 11) is 0. The molecule has 2 N–H and O–H groups in total. The van der Waals surface area contributed by atoms with Crippen molar-refractivity contribution in [3.8, 4) is 0 Å². The minimum Gasteiger partial charge on any atom is -0.394 e. The highest BCUT2D eigenvalue weighted by Crippen LogP contribution is 2.20. The second-order valence-corrected chi connectivity index (χ2v) is 4.82. The standard InChI is InChI=1S/C16H16FNO2/c1-16(11-19,13-5-3-2-4-6-13)18-15(20)12-7-9-14(17)10-8-12/h2-10,19H,11H2,1H3,(H,18,20). The predicted molar refractivity (Wildman–Crippen MR) is 74.7 cm³/mol. The van der Waals surface area contributed by atoms with Crippen molar-refractivity contribution in [2.24, 2.45) is 0 Å². The third-order valence-electron chi connectivity index (χ3n) is 3.22. The average Bonchev–Trinajstić information content (AvgIpc) is 2.48. The third-order valence-corrected chi connectivity index (χ3v) is 3.22. The predicted octanol–water partition coefficient (Wildman–Crippen LogP) is 2.46. The van der Waals surface area contributed by atoms with Crippen LogP contribution in [0.1, 0.15) is 22.8 Å². The largest absolute Gasteiger partial charge is 0.394 e. The molecule has 4 heteroatoms. The fraction of sp³-hybridized carbons (Fsp3) is 0.188. The molecule has 0 aromatic heterocycles. The Bertz CT molecular complexity index is 583. The first kappa shape index (κ1) is 14.2. The van der Waals surface area contributed by atoms with Gasteiger partial charge in [-0.2, -0.15) is 0 Å². The van der Waals surface area contributed by atoms with Crippen molar-refractivity contribution in [1.82, 2.24) is 5.32 Å². The van der Waals surface area contributed by atoms with Gasteiger partial charge in [-0.1, -0.05) is 30.3 Å². The van der Waals surface area contributed by atoms with Gasteiger partial charge in [0.05, 0.1) is 12.1 Å². The number of amides is 1. The third kappa shape index (κ3) is 3.03. The lowest BCUT2D eigenvalue weighted by Gasteiger charge is -2.29. The van der Waals surface area contributed by atoms with E-state index in [1.54, 1.807) is 6.92 Å². The normalized spacial score (nSPS) is 13.6. The van der Waals surface area contributed by atoms with Gasteiger partial charge in [-0.15, -0.1) is 0 Å². The Hall–Kier alpha value is -2.20. The molecule has 0 aliphatic carbocycles. The van der Waals surface area contributed by atoms with E-state index in [0.717, 1.165) is 5.56 Å². The van der Waals surface area contributed by atoms with Crippen LogP contribution in [0, 0.1) is 5.82 Å². The number of rotatable bonds is 4. The number of nitrogens with one attached hydrogen (secondary N) is 1. The zero-order chi connectivity index (χ0) is 14.6. The summed E-state index contributed by atoms with van der Waals surface area (Å²) in [6.45, 7) is 1.51. The Kier molecular flexibility index (Phi) is 4.15. The molecule has 0 heterocycles. The highest BCUT2D eigenvalue weighted by atomic mass is 19.1. The molecule has 0 saturated heterocycles. The van der Waals surface area contributed by atoms with Crippen LogP contribution in [-0.2, 0) is 5.54 Å². The van der Waals surface area contributed by atoms with Gasteiger partial charge < -0.3 is 10.4 Å². The molecule has 2 aromatic rings. The van der Waals surface area contributed by atoms with Crippen molar-refractivity contribution >= 4 is 5.91 Å². The summed E-state index contributed by atoms with van der Waals surface area (Å²) < 4.78 is 12.8. The lowest BCUT2D eigenvalue weighted by atomic mass is 9.92. The van der Waals surface area contributed by atoms with E-state index in [2.05, 4.69) is 5.32 Å². The monoisotopic (exact) mass is 273 g/mol. The number of aliphatic hydroxyl groups excluding tert-OH is 1. The molecule has 2 rings (SSSR count). The van der Waals surface area contributed by atoms with Crippen LogP contribution in [0.3, 0.4) is 0 Å². The van der Waals surface area contributed by atoms with E-state index in [1.165, 1.54) is 24.3 Å². The van der Waals surface area contributed by atoms with Crippen LogP contribution in [0.25, 0.3) is 0 Å². The molecule has 0 radical (unpaired) electrons. The van der Waals surface area contributed by atoms with Crippen molar-refractivity contribution in [2.75, 3.05) is 6.61 Å². The number of halogens is 1. The highest BCUT2D eigenvalue weighted by molar-refractivity contribution is 5.94. The van der Waals surface area contributed by atoms with Crippen molar-refractivity contribution in [3.05, 3.63) is 71.5 Å². The lowest BCUT2D eigenvalue weighted by molar-refractivity contribution is 0.0849. The van der Waals surface area contributed by atoms with Crippen LogP contribution >= 0.6 is 0 Å². The average molecular weight is 273 g/mol. The van der Waals surface area contributed by atoms with E-state index in [-0.39, 0.29) is 12.5 Å². The molecule has 0 spiro atoms. The Morgan fingerprint density at radius 2 is 1.75 bits per heavy atom. The zero-order valence-electron chi connectivity index (χ0n) is 11.1. The van der Waals surface area contributed by atoms with Gasteiger partial charge in [-0.25, -0.2) is 4.39 Å². The summed E-state index contributed by atoms with van der Waals surface area (Å²) in [5.74, 6) is -0.750. The molecule has 104 valence electrons. The second-order valence-electron chi connectivity index (χ2n) is 4.82. The molecule has 2 aromatic carbocycles. The van der Waals surface area contributed by atoms with Crippen LogP contribution in [-0.4, -0.2) is 17.6 Å². The molecular weight excluding hydrogens is 257 g/mol. The molecule has 0 bridgehead atoms. The van der Waals surface area contributed by atoms with E-state index in [1.807, 2.05) is 30.3 Å². The topological polar surface area (TPSA) is 49.3 Å². The Labute approximate surface area is 117 Å². The number of hydrogen-bond acceptors (Lipinski definition) is 2. The first-order valence-electron chi connectivity index (χ1n) is 6.29. The van der Waals surface area contributed by atoms with Crippen LogP contribution in [0.15, 0.2) is 54.6 Å². The van der Waals surface area contributed by atoms with Gasteiger partial charge in [0.25, 0.3) is 5.91 Å². The maximum Gasteiger partial charge on any atom is 0.252 e. The molecule has 0 aliphatic heterocycles. The summed E-state index contributed by atoms with van der Waals surface area (Å²) in [6, 6.07) is 14.5. The molecule has 20 heavy (non-hydrogen) atoms. The summed E-state index contributed by atoms with van der Waals surface area (Å²) >= 11 is 0. The molecule has 0 aliphatic rings. The number of hydrogen-bond donors (Lipinski definition) is 2. The van der Waals surface area contributed by atoms with E-state index in [4.69, 9.17) is 0 Å². The van der Waals surface area contributed by atoms with Gasteiger partial charge in [0, 0.05) is 5.56 Å². The molecule has 0 fully saturated rings. The quantitative estimate of drug-likeness (QED) is 0.899. The first-order valence-corrected chi connectivity index (χ1v) is 6.29. The maximum absolute atomic E-state index is 12.8. The SMILES string of the molecule is CC(CO)(NC(=O)c1ccc(F)cc1)c1ccccc1. The fourth-order valence-corrected chi connectivity index (χ4v) is 1.93. The summed E-state index contributed by atoms with van der Waals surface area (Å²) in [6.07, 6.45) is 0. The van der Waals surface area contributed by atoms with E-state index in [9.17, 15) is 14.3 Å². The zero-order valence-corrected chi connectivity index (χ0v) is 11.1. The van der Waals surface area contributed by atoms with E-state index < -0.39 is 11.4 Å². The number of carbonyl (C=O) groups excluding carboxylic acids is 1. The minimum atomic E-state index is -0.882. The number of aliphatic hydroxyl groups is 1. The van der Waals surface area contributed by atoms with E-state index in [0.29, 0.717) is 5.56 Å². The van der Waals surface area contributed by atoms with Gasteiger partial charge in [0.15, 0.2) is 0 Å². The molecule has 1 amide bonds. The van der Waals surface area contributed by atoms with Gasteiger partial charge in [0.2, 0.25) is 0 Å². The van der Waals surface area contributed by atoms with Gasteiger partial charge in [0.1, 0.15) is 5.82 Å². The van der Waals surface area contributed by atoms with Crippen molar-refractivity contribution in [2.45, 2.75) is 12.5 Å². The summed E-state index contributed by atoms with van der Waals surface area (Å²) in [5, 5.41) is 12.4. The first-order chi connectivity index (χ1) is 9.55. The Morgan fingerprint density at radius 3 is 2.30 bits per heavy atom. The smallest absolute Gasteiger partial charge is 0.252 e. The fourth-order valence-electron chi connectivity index (χ4n) is 1.93. The minimum absolute atomic E-state index is 0.232. The van der Waals surface area contributed by atoms with E-state index >= 15 is 0 Å². The molecule has 1 atom stereocenters. The van der Waals surface area contributed by atoms with Crippen LogP contribution in [0.5, 0.6) is 0 Å². The number of benzene rings is 2. The molecule has 1 unspecified atom stereocenters. The number of carbonyl (C=O) groups is 1. The highest BCUT2D eigenvalue weighted by Gasteiger charge is 2.28. The van der Waals surface area contributed by atoms with Crippen LogP contribution in [0.2, 0.25) is 0 Å². The Balaban J connectivity index is 2.22. The van der Waals surface area contributed by atoms with Crippen LogP contribution < -0.4 is 5.32 Å². The van der Waals surface area contributed by atoms with Crippen molar-refractivity contribution < 1.29 is 14.3 Å². The summed E-state index contributed by atoms with van der Waals surface area (Å²) in [5.41, 5.74) is 0.271. The maximum atomic E-state index is 12.8.